The number of aliphatic carboxylic acids is 1. The minimum absolute atomic E-state index is 0.219. The molecule has 1 amide bonds. The number of carbonyl (C=O) groups excluding carboxylic acids is 1. The zero-order valence-corrected chi connectivity index (χ0v) is 16.9. The number of carboxylic acids is 1. The van der Waals surface area contributed by atoms with E-state index >= 15 is 0 Å². The average molecular weight is 392 g/mol. The fraction of sp³-hybridized carbons (Fsp3) is 0.619. The predicted octanol–water partition coefficient (Wildman–Crippen LogP) is 2.82. The van der Waals surface area contributed by atoms with Crippen LogP contribution in [0.5, 0.6) is 11.5 Å². The lowest BCUT2D eigenvalue weighted by atomic mass is 10.1. The molecule has 1 fully saturated rings. The lowest BCUT2D eigenvalue weighted by Gasteiger charge is -2.34. The number of nitrogens with one attached hydrogen (secondary N) is 1. The summed E-state index contributed by atoms with van der Waals surface area (Å²) in [6, 6.07) is 5.00. The molecule has 2 N–H and O–H groups in total. The van der Waals surface area contributed by atoms with Crippen molar-refractivity contribution in [1.29, 1.82) is 0 Å². The number of rotatable bonds is 12. The molecule has 1 unspecified atom stereocenters. The minimum atomic E-state index is -0.985. The highest BCUT2D eigenvalue weighted by atomic mass is 16.5. The first-order chi connectivity index (χ1) is 13.6. The van der Waals surface area contributed by atoms with Crippen LogP contribution in [0.25, 0.3) is 0 Å². The van der Waals surface area contributed by atoms with Crippen LogP contribution in [-0.2, 0) is 16.1 Å². The molecule has 1 saturated heterocycles. The zero-order chi connectivity index (χ0) is 20.4. The molecular weight excluding hydrogens is 360 g/mol. The third kappa shape index (κ3) is 6.41. The number of unbranched alkanes of at least 4 members (excludes halogenated alkanes) is 4. The van der Waals surface area contributed by atoms with E-state index in [0.717, 1.165) is 18.4 Å². The van der Waals surface area contributed by atoms with Crippen LogP contribution in [0.4, 0.5) is 0 Å². The Hall–Kier alpha value is -2.28. The van der Waals surface area contributed by atoms with Crippen molar-refractivity contribution in [3.8, 4) is 11.5 Å². The van der Waals surface area contributed by atoms with Crippen LogP contribution in [0, 0.1) is 0 Å². The summed E-state index contributed by atoms with van der Waals surface area (Å²) in [4.78, 5) is 25.2. The summed E-state index contributed by atoms with van der Waals surface area (Å²) in [5, 5.41) is 11.9. The van der Waals surface area contributed by atoms with Gasteiger partial charge in [-0.3, -0.25) is 14.5 Å². The highest BCUT2D eigenvalue weighted by molar-refractivity contribution is 5.86. The zero-order valence-electron chi connectivity index (χ0n) is 16.9. The van der Waals surface area contributed by atoms with Gasteiger partial charge in [0.25, 0.3) is 0 Å². The molecule has 7 nitrogen and oxygen atoms in total. The molecule has 2 rings (SSSR count). The number of ether oxygens (including phenoxy) is 2. The number of para-hydroxylation sites is 1. The molecule has 0 spiro atoms. The van der Waals surface area contributed by atoms with Crippen molar-refractivity contribution >= 4 is 11.9 Å². The summed E-state index contributed by atoms with van der Waals surface area (Å²) in [6.07, 6.45) is 5.54. The molecule has 1 atom stereocenters. The van der Waals surface area contributed by atoms with E-state index in [4.69, 9.17) is 14.6 Å². The second kappa shape index (κ2) is 11.5. The van der Waals surface area contributed by atoms with Gasteiger partial charge < -0.3 is 19.9 Å². The van der Waals surface area contributed by atoms with Gasteiger partial charge in [0.1, 0.15) is 6.04 Å². The molecule has 0 aromatic heterocycles. The first-order valence-corrected chi connectivity index (χ1v) is 10.1. The Kier molecular flexibility index (Phi) is 9.07. The number of benzene rings is 1. The number of hydrogen-bond donors (Lipinski definition) is 2. The summed E-state index contributed by atoms with van der Waals surface area (Å²) in [5.41, 5.74) is 0.901. The molecule has 1 heterocycles. The first kappa shape index (κ1) is 22.0. The predicted molar refractivity (Wildman–Crippen MR) is 107 cm³/mol. The van der Waals surface area contributed by atoms with Crippen molar-refractivity contribution in [3.05, 3.63) is 23.8 Å². The van der Waals surface area contributed by atoms with Gasteiger partial charge in [0.05, 0.1) is 20.1 Å². The van der Waals surface area contributed by atoms with E-state index in [1.165, 1.54) is 19.3 Å². The van der Waals surface area contributed by atoms with Gasteiger partial charge in [-0.25, -0.2) is 0 Å². The summed E-state index contributed by atoms with van der Waals surface area (Å²) in [5.74, 6) is 0.110. The monoisotopic (exact) mass is 392 g/mol. The third-order valence-electron chi connectivity index (χ3n) is 4.96. The van der Waals surface area contributed by atoms with E-state index < -0.39 is 12.0 Å². The van der Waals surface area contributed by atoms with Crippen LogP contribution in [0.15, 0.2) is 18.2 Å². The van der Waals surface area contributed by atoms with Gasteiger partial charge in [-0.05, 0) is 12.5 Å². The Morgan fingerprint density at radius 3 is 2.79 bits per heavy atom. The van der Waals surface area contributed by atoms with E-state index in [2.05, 4.69) is 12.2 Å². The highest BCUT2D eigenvalue weighted by Crippen LogP contribution is 2.33. The van der Waals surface area contributed by atoms with E-state index in [-0.39, 0.29) is 12.3 Å². The summed E-state index contributed by atoms with van der Waals surface area (Å²) < 4.78 is 11.5. The number of carboxylic acid groups (broad SMARTS) is 1. The van der Waals surface area contributed by atoms with Crippen LogP contribution >= 0.6 is 0 Å². The van der Waals surface area contributed by atoms with Crippen molar-refractivity contribution in [1.82, 2.24) is 10.2 Å². The average Bonchev–Trinajstić information content (AvgIpc) is 2.67. The molecule has 156 valence electrons. The van der Waals surface area contributed by atoms with Gasteiger partial charge >= 0.3 is 5.97 Å². The van der Waals surface area contributed by atoms with E-state index in [0.29, 0.717) is 37.7 Å². The van der Waals surface area contributed by atoms with Gasteiger partial charge in [0.15, 0.2) is 11.5 Å². The first-order valence-electron chi connectivity index (χ1n) is 10.1. The smallest absolute Gasteiger partial charge is 0.305 e. The lowest BCUT2D eigenvalue weighted by Crippen LogP contribution is -2.55. The molecule has 0 radical (unpaired) electrons. The van der Waals surface area contributed by atoms with Gasteiger partial charge in [-0.1, -0.05) is 44.7 Å². The second-order valence-corrected chi connectivity index (χ2v) is 7.09. The lowest BCUT2D eigenvalue weighted by molar-refractivity contribution is -0.143. The maximum absolute atomic E-state index is 12.2. The molecular formula is C21H32N2O5. The number of methoxy groups -OCH3 is 1. The van der Waals surface area contributed by atoms with Gasteiger partial charge in [0.2, 0.25) is 5.91 Å². The second-order valence-electron chi connectivity index (χ2n) is 7.09. The van der Waals surface area contributed by atoms with Gasteiger partial charge in [-0.2, -0.15) is 0 Å². The maximum atomic E-state index is 12.2. The van der Waals surface area contributed by atoms with Crippen LogP contribution < -0.4 is 14.8 Å². The Morgan fingerprint density at radius 1 is 1.29 bits per heavy atom. The molecule has 0 aliphatic carbocycles. The van der Waals surface area contributed by atoms with Crippen molar-refractivity contribution in [2.24, 2.45) is 0 Å². The maximum Gasteiger partial charge on any atom is 0.305 e. The minimum Gasteiger partial charge on any atom is -0.493 e. The Bertz CT molecular complexity index is 650. The molecule has 0 bridgehead atoms. The summed E-state index contributed by atoms with van der Waals surface area (Å²) in [6.45, 7) is 4.34. The number of amides is 1. The topological polar surface area (TPSA) is 88.1 Å². The largest absolute Gasteiger partial charge is 0.493 e. The van der Waals surface area contributed by atoms with Gasteiger partial charge in [0, 0.05) is 25.2 Å². The molecule has 1 aromatic carbocycles. The Morgan fingerprint density at radius 2 is 2.07 bits per heavy atom. The number of piperazine rings is 1. The Balaban J connectivity index is 2.08. The normalized spacial score (nSPS) is 17.2. The van der Waals surface area contributed by atoms with Gasteiger partial charge in [-0.15, -0.1) is 0 Å². The fourth-order valence-corrected chi connectivity index (χ4v) is 3.45. The van der Waals surface area contributed by atoms with Crippen LogP contribution in [-0.4, -0.2) is 54.7 Å². The van der Waals surface area contributed by atoms with Crippen LogP contribution in [0.2, 0.25) is 0 Å². The molecule has 7 heteroatoms. The SMILES string of the molecule is CCCCCCCOc1c(CN2CCNC(=O)C2CC(=O)O)cccc1OC. The molecule has 1 aliphatic heterocycles. The number of carbonyl (C=O) groups is 2. The van der Waals surface area contributed by atoms with Crippen molar-refractivity contribution < 1.29 is 24.2 Å². The third-order valence-corrected chi connectivity index (χ3v) is 4.96. The molecule has 1 aromatic rings. The van der Waals surface area contributed by atoms with Crippen molar-refractivity contribution in [2.75, 3.05) is 26.8 Å². The molecule has 28 heavy (non-hydrogen) atoms. The van der Waals surface area contributed by atoms with Crippen LogP contribution in [0.1, 0.15) is 51.0 Å². The summed E-state index contributed by atoms with van der Waals surface area (Å²) in [7, 11) is 1.61. The quantitative estimate of drug-likeness (QED) is 0.532. The summed E-state index contributed by atoms with van der Waals surface area (Å²) >= 11 is 0. The molecule has 0 saturated carbocycles. The van der Waals surface area contributed by atoms with Crippen LogP contribution in [0.3, 0.4) is 0 Å². The van der Waals surface area contributed by atoms with E-state index in [9.17, 15) is 9.59 Å². The van der Waals surface area contributed by atoms with Crippen molar-refractivity contribution in [3.63, 3.8) is 0 Å². The Labute approximate surface area is 167 Å². The number of hydrogen-bond acceptors (Lipinski definition) is 5. The standard InChI is InChI=1S/C21H32N2O5/c1-3-4-5-6-7-13-28-20-16(9-8-10-18(20)27-2)15-23-12-11-22-21(26)17(23)14-19(24)25/h8-10,17H,3-7,11-15H2,1-2H3,(H,22,26)(H,24,25). The van der Waals surface area contributed by atoms with Crippen molar-refractivity contribution in [2.45, 2.75) is 58.0 Å². The van der Waals surface area contributed by atoms with E-state index in [1.807, 2.05) is 23.1 Å². The highest BCUT2D eigenvalue weighted by Gasteiger charge is 2.32. The fourth-order valence-electron chi connectivity index (χ4n) is 3.45. The number of nitrogens with zero attached hydrogens (tertiary/aromatic N) is 1. The van der Waals surface area contributed by atoms with E-state index in [1.54, 1.807) is 7.11 Å². The molecule has 1 aliphatic rings.